The van der Waals surface area contributed by atoms with E-state index in [4.69, 9.17) is 0 Å². The molecule has 0 aromatic rings. The Morgan fingerprint density at radius 1 is 0.818 bits per heavy atom. The largest absolute Gasteiger partial charge is 0.469 e. The lowest BCUT2D eigenvalue weighted by molar-refractivity contribution is -0.140. The van der Waals surface area contributed by atoms with Gasteiger partial charge in [0.2, 0.25) is 0 Å². The van der Waals surface area contributed by atoms with Crippen molar-refractivity contribution in [2.45, 2.75) is 107 Å². The third kappa shape index (κ3) is 10.5. The number of hydrogen-bond donors (Lipinski definition) is 0. The smallest absolute Gasteiger partial charge is 0.305 e. The summed E-state index contributed by atoms with van der Waals surface area (Å²) < 4.78 is 4.69. The standard InChI is InChI=1S/C19H36O2S/c1-3-4-5-6-7-8-9-10-11-12-13-14-17-18(22-17)15-16-19(20)21-2/h17-18H,3-16H2,1-2H3. The molecule has 1 heterocycles. The summed E-state index contributed by atoms with van der Waals surface area (Å²) in [7, 11) is 1.48. The molecule has 2 atom stereocenters. The summed E-state index contributed by atoms with van der Waals surface area (Å²) in [6.45, 7) is 2.28. The Morgan fingerprint density at radius 2 is 1.32 bits per heavy atom. The van der Waals surface area contributed by atoms with Crippen molar-refractivity contribution in [3.8, 4) is 0 Å². The van der Waals surface area contributed by atoms with Crippen molar-refractivity contribution in [2.24, 2.45) is 0 Å². The molecular formula is C19H36O2S. The number of carbonyl (C=O) groups is 1. The molecule has 1 aliphatic rings. The quantitative estimate of drug-likeness (QED) is 0.206. The van der Waals surface area contributed by atoms with Crippen LogP contribution in [0.2, 0.25) is 0 Å². The molecule has 1 saturated heterocycles. The molecule has 0 aromatic heterocycles. The van der Waals surface area contributed by atoms with Gasteiger partial charge in [-0.3, -0.25) is 4.79 Å². The molecular weight excluding hydrogens is 292 g/mol. The van der Waals surface area contributed by atoms with E-state index in [-0.39, 0.29) is 5.97 Å². The van der Waals surface area contributed by atoms with Crippen LogP contribution in [0.5, 0.6) is 0 Å². The Labute approximate surface area is 142 Å². The van der Waals surface area contributed by atoms with Crippen LogP contribution in [0.15, 0.2) is 0 Å². The minimum absolute atomic E-state index is 0.0547. The zero-order valence-electron chi connectivity index (χ0n) is 14.8. The molecule has 3 heteroatoms. The monoisotopic (exact) mass is 328 g/mol. The lowest BCUT2D eigenvalue weighted by Crippen LogP contribution is -2.03. The first kappa shape index (κ1) is 19.9. The van der Waals surface area contributed by atoms with Crippen molar-refractivity contribution in [3.05, 3.63) is 0 Å². The van der Waals surface area contributed by atoms with E-state index in [2.05, 4.69) is 23.4 Å². The van der Waals surface area contributed by atoms with Gasteiger partial charge in [-0.25, -0.2) is 0 Å². The van der Waals surface area contributed by atoms with E-state index in [1.165, 1.54) is 84.2 Å². The summed E-state index contributed by atoms with van der Waals surface area (Å²) in [5, 5.41) is 1.57. The Hall–Kier alpha value is -0.180. The van der Waals surface area contributed by atoms with Gasteiger partial charge in [-0.05, 0) is 12.8 Å². The third-order valence-electron chi connectivity index (χ3n) is 4.64. The molecule has 22 heavy (non-hydrogen) atoms. The maximum atomic E-state index is 11.1. The molecule has 1 fully saturated rings. The first-order valence-electron chi connectivity index (χ1n) is 9.50. The molecule has 1 rings (SSSR count). The maximum absolute atomic E-state index is 11.1. The van der Waals surface area contributed by atoms with E-state index in [1.807, 2.05) is 0 Å². The van der Waals surface area contributed by atoms with Crippen molar-refractivity contribution in [1.82, 2.24) is 0 Å². The first-order chi connectivity index (χ1) is 10.8. The Morgan fingerprint density at radius 3 is 1.86 bits per heavy atom. The van der Waals surface area contributed by atoms with Gasteiger partial charge in [-0.15, -0.1) is 0 Å². The average Bonchev–Trinajstić information content (AvgIpc) is 3.28. The molecule has 0 amide bonds. The number of esters is 1. The van der Waals surface area contributed by atoms with Gasteiger partial charge < -0.3 is 4.74 Å². The number of carbonyl (C=O) groups excluding carboxylic acids is 1. The summed E-state index contributed by atoms with van der Waals surface area (Å²) in [5.41, 5.74) is 0. The highest BCUT2D eigenvalue weighted by Crippen LogP contribution is 2.47. The van der Waals surface area contributed by atoms with Gasteiger partial charge in [0.1, 0.15) is 0 Å². The number of unbranched alkanes of at least 4 members (excludes halogenated alkanes) is 10. The average molecular weight is 329 g/mol. The number of hydrogen-bond acceptors (Lipinski definition) is 3. The molecule has 2 unspecified atom stereocenters. The molecule has 0 aromatic carbocycles. The molecule has 0 bridgehead atoms. The van der Waals surface area contributed by atoms with Crippen molar-refractivity contribution < 1.29 is 9.53 Å². The third-order valence-corrected chi connectivity index (χ3v) is 6.15. The second-order valence-corrected chi connectivity index (χ2v) is 8.14. The number of thioether (sulfide) groups is 1. The fraction of sp³-hybridized carbons (Fsp3) is 0.947. The van der Waals surface area contributed by atoms with Crippen LogP contribution in [-0.4, -0.2) is 23.6 Å². The van der Waals surface area contributed by atoms with E-state index >= 15 is 0 Å². The van der Waals surface area contributed by atoms with E-state index in [9.17, 15) is 4.79 Å². The summed E-state index contributed by atoms with van der Waals surface area (Å²) in [6, 6.07) is 0. The maximum Gasteiger partial charge on any atom is 0.305 e. The van der Waals surface area contributed by atoms with Crippen molar-refractivity contribution >= 4 is 17.7 Å². The van der Waals surface area contributed by atoms with Gasteiger partial charge in [-0.1, -0.05) is 77.6 Å². The second-order valence-electron chi connectivity index (χ2n) is 6.65. The molecule has 0 N–H and O–H groups in total. The number of methoxy groups -OCH3 is 1. The zero-order chi connectivity index (χ0) is 16.0. The Bertz CT molecular complexity index is 281. The molecule has 1 aliphatic heterocycles. The Kier molecular flexibility index (Phi) is 12.0. The van der Waals surface area contributed by atoms with Crippen LogP contribution in [0.3, 0.4) is 0 Å². The van der Waals surface area contributed by atoms with Crippen LogP contribution in [0.25, 0.3) is 0 Å². The SMILES string of the molecule is CCCCCCCCCCCCCC1SC1CCC(=O)OC. The number of rotatable bonds is 15. The zero-order valence-corrected chi connectivity index (χ0v) is 15.6. The van der Waals surface area contributed by atoms with Crippen LogP contribution >= 0.6 is 11.8 Å². The molecule has 130 valence electrons. The summed E-state index contributed by atoms with van der Waals surface area (Å²) in [6.07, 6.45) is 18.6. The minimum Gasteiger partial charge on any atom is -0.469 e. The normalized spacial score (nSPS) is 20.1. The van der Waals surface area contributed by atoms with Crippen LogP contribution in [-0.2, 0) is 9.53 Å². The lowest BCUT2D eigenvalue weighted by Gasteiger charge is -2.02. The van der Waals surface area contributed by atoms with Gasteiger partial charge in [0.25, 0.3) is 0 Å². The highest BCUT2D eigenvalue weighted by Gasteiger charge is 2.37. The van der Waals surface area contributed by atoms with E-state index in [0.717, 1.165) is 16.9 Å². The van der Waals surface area contributed by atoms with E-state index in [0.29, 0.717) is 6.42 Å². The van der Waals surface area contributed by atoms with Gasteiger partial charge in [0.15, 0.2) is 0 Å². The fourth-order valence-electron chi connectivity index (χ4n) is 3.06. The molecule has 0 spiro atoms. The van der Waals surface area contributed by atoms with E-state index < -0.39 is 0 Å². The first-order valence-corrected chi connectivity index (χ1v) is 10.4. The van der Waals surface area contributed by atoms with Gasteiger partial charge in [-0.2, -0.15) is 11.8 Å². The molecule has 2 nitrogen and oxygen atoms in total. The van der Waals surface area contributed by atoms with Crippen LogP contribution < -0.4 is 0 Å². The second kappa shape index (κ2) is 13.3. The molecule has 0 radical (unpaired) electrons. The van der Waals surface area contributed by atoms with Crippen LogP contribution in [0.1, 0.15) is 96.8 Å². The van der Waals surface area contributed by atoms with Crippen molar-refractivity contribution in [2.75, 3.05) is 7.11 Å². The topological polar surface area (TPSA) is 26.3 Å². The predicted octanol–water partition coefficient (Wildman–Crippen LogP) is 6.12. The highest BCUT2D eigenvalue weighted by atomic mass is 32.2. The molecule has 0 aliphatic carbocycles. The van der Waals surface area contributed by atoms with Gasteiger partial charge in [0.05, 0.1) is 7.11 Å². The summed E-state index contributed by atoms with van der Waals surface area (Å²) in [5.74, 6) is -0.0547. The molecule has 0 saturated carbocycles. The highest BCUT2D eigenvalue weighted by molar-refractivity contribution is 8.07. The van der Waals surface area contributed by atoms with Gasteiger partial charge in [0, 0.05) is 16.9 Å². The van der Waals surface area contributed by atoms with Gasteiger partial charge >= 0.3 is 5.97 Å². The van der Waals surface area contributed by atoms with Crippen LogP contribution in [0.4, 0.5) is 0 Å². The lowest BCUT2D eigenvalue weighted by atomic mass is 10.0. The van der Waals surface area contributed by atoms with Crippen LogP contribution in [0, 0.1) is 0 Å². The minimum atomic E-state index is -0.0547. The van der Waals surface area contributed by atoms with Crippen molar-refractivity contribution in [1.29, 1.82) is 0 Å². The fourth-order valence-corrected chi connectivity index (χ4v) is 4.25. The predicted molar refractivity (Wildman–Crippen MR) is 97.5 cm³/mol. The summed E-state index contributed by atoms with van der Waals surface area (Å²) >= 11 is 2.06. The van der Waals surface area contributed by atoms with Crippen molar-refractivity contribution in [3.63, 3.8) is 0 Å². The van der Waals surface area contributed by atoms with E-state index in [1.54, 1.807) is 0 Å². The summed E-state index contributed by atoms with van der Waals surface area (Å²) in [4.78, 5) is 11.1. The Balaban J connectivity index is 1.75. The number of ether oxygens (including phenoxy) is 1.